The highest BCUT2D eigenvalue weighted by atomic mass is 32.2. The number of hydrogen-bond donors (Lipinski definition) is 1. The zero-order valence-corrected chi connectivity index (χ0v) is 14.4. The normalized spacial score (nSPS) is 42.9. The Kier molecular flexibility index (Phi) is 4.83. The number of hydrogen-bond acceptors (Lipinski definition) is 2. The van der Waals surface area contributed by atoms with Gasteiger partial charge in [0, 0.05) is 11.3 Å². The highest BCUT2D eigenvalue weighted by Crippen LogP contribution is 2.47. The number of nitrogens with one attached hydrogen (secondary N) is 1. The second-order valence-electron chi connectivity index (χ2n) is 8.24. The van der Waals surface area contributed by atoms with Gasteiger partial charge in [-0.05, 0) is 49.9 Å². The molecule has 1 saturated heterocycles. The molecule has 4 rings (SSSR count). The van der Waals surface area contributed by atoms with Crippen LogP contribution >= 0.6 is 11.8 Å². The summed E-state index contributed by atoms with van der Waals surface area (Å²) >= 11 is 2.36. The molecule has 2 heteroatoms. The molecule has 4 unspecified atom stereocenters. The predicted octanol–water partition coefficient (Wildman–Crippen LogP) is 5.35. The van der Waals surface area contributed by atoms with Gasteiger partial charge in [0.2, 0.25) is 0 Å². The van der Waals surface area contributed by atoms with Crippen LogP contribution < -0.4 is 5.32 Å². The molecule has 1 N–H and O–H groups in total. The van der Waals surface area contributed by atoms with E-state index in [1.807, 2.05) is 0 Å². The Morgan fingerprint density at radius 3 is 2.00 bits per heavy atom. The highest BCUT2D eigenvalue weighted by molar-refractivity contribution is 8.00. The zero-order valence-electron chi connectivity index (χ0n) is 13.6. The molecule has 0 aromatic carbocycles. The fourth-order valence-corrected chi connectivity index (χ4v) is 7.54. The van der Waals surface area contributed by atoms with Crippen molar-refractivity contribution in [2.75, 3.05) is 0 Å². The molecule has 3 saturated carbocycles. The van der Waals surface area contributed by atoms with Gasteiger partial charge >= 0.3 is 0 Å². The van der Waals surface area contributed by atoms with Crippen LogP contribution in [0.4, 0.5) is 0 Å². The van der Waals surface area contributed by atoms with E-state index in [9.17, 15) is 0 Å². The Labute approximate surface area is 135 Å². The van der Waals surface area contributed by atoms with Crippen molar-refractivity contribution in [2.24, 2.45) is 17.8 Å². The number of fused-ring (bicyclic) bond motifs is 1. The quantitative estimate of drug-likeness (QED) is 0.738. The monoisotopic (exact) mass is 307 g/mol. The van der Waals surface area contributed by atoms with E-state index in [1.165, 1.54) is 70.6 Å². The van der Waals surface area contributed by atoms with Gasteiger partial charge in [0.15, 0.2) is 0 Å². The lowest BCUT2D eigenvalue weighted by molar-refractivity contribution is 0.182. The third kappa shape index (κ3) is 3.32. The molecule has 0 aromatic heterocycles. The van der Waals surface area contributed by atoms with Gasteiger partial charge in [-0.15, -0.1) is 11.8 Å². The highest BCUT2D eigenvalue weighted by Gasteiger charge is 2.43. The SMILES string of the molecule is C1CCC(C2CCC3NC(C4CCCCC4)SC3C2)CC1. The lowest BCUT2D eigenvalue weighted by Crippen LogP contribution is -2.41. The summed E-state index contributed by atoms with van der Waals surface area (Å²) < 4.78 is 0. The van der Waals surface area contributed by atoms with Crippen molar-refractivity contribution in [1.29, 1.82) is 0 Å². The third-order valence-corrected chi connectivity index (χ3v) is 8.61. The predicted molar refractivity (Wildman–Crippen MR) is 92.6 cm³/mol. The van der Waals surface area contributed by atoms with Crippen LogP contribution in [-0.4, -0.2) is 16.7 Å². The molecule has 21 heavy (non-hydrogen) atoms. The van der Waals surface area contributed by atoms with Crippen molar-refractivity contribution < 1.29 is 0 Å². The summed E-state index contributed by atoms with van der Waals surface area (Å²) in [5.41, 5.74) is 0. The van der Waals surface area contributed by atoms with Crippen LogP contribution in [-0.2, 0) is 0 Å². The van der Waals surface area contributed by atoms with Crippen LogP contribution in [0.1, 0.15) is 83.5 Å². The van der Waals surface area contributed by atoms with Crippen molar-refractivity contribution in [3.05, 3.63) is 0 Å². The maximum absolute atomic E-state index is 4.05. The summed E-state index contributed by atoms with van der Waals surface area (Å²) in [4.78, 5) is 0. The first-order valence-electron chi connectivity index (χ1n) is 9.81. The molecule has 120 valence electrons. The zero-order chi connectivity index (χ0) is 14.1. The summed E-state index contributed by atoms with van der Waals surface area (Å²) in [6.45, 7) is 0. The van der Waals surface area contributed by atoms with E-state index in [0.29, 0.717) is 0 Å². The lowest BCUT2D eigenvalue weighted by atomic mass is 9.72. The van der Waals surface area contributed by atoms with Gasteiger partial charge in [-0.3, -0.25) is 0 Å². The molecule has 0 aromatic rings. The second-order valence-corrected chi connectivity index (χ2v) is 9.62. The van der Waals surface area contributed by atoms with E-state index in [4.69, 9.17) is 0 Å². The summed E-state index contributed by atoms with van der Waals surface area (Å²) in [6.07, 6.45) is 19.6. The Morgan fingerprint density at radius 1 is 0.619 bits per heavy atom. The largest absolute Gasteiger partial charge is 0.301 e. The Balaban J connectivity index is 1.33. The summed E-state index contributed by atoms with van der Waals surface area (Å²) in [7, 11) is 0. The fourth-order valence-electron chi connectivity index (χ4n) is 5.66. The van der Waals surface area contributed by atoms with Gasteiger partial charge in [0.05, 0.1) is 5.37 Å². The molecular weight excluding hydrogens is 274 g/mol. The van der Waals surface area contributed by atoms with Gasteiger partial charge in [0.25, 0.3) is 0 Å². The Hall–Kier alpha value is 0.310. The molecule has 0 spiro atoms. The first-order chi connectivity index (χ1) is 10.4. The molecule has 4 fully saturated rings. The van der Waals surface area contributed by atoms with Gasteiger partial charge in [-0.25, -0.2) is 0 Å². The van der Waals surface area contributed by atoms with Crippen molar-refractivity contribution in [1.82, 2.24) is 5.32 Å². The van der Waals surface area contributed by atoms with Crippen molar-refractivity contribution >= 4 is 11.8 Å². The number of thioether (sulfide) groups is 1. The Morgan fingerprint density at radius 2 is 1.29 bits per heavy atom. The minimum atomic E-state index is 0.811. The minimum absolute atomic E-state index is 0.811. The molecule has 0 radical (unpaired) electrons. The molecule has 4 aliphatic rings. The van der Waals surface area contributed by atoms with Gasteiger partial charge in [-0.2, -0.15) is 0 Å². The van der Waals surface area contributed by atoms with E-state index in [2.05, 4.69) is 17.1 Å². The van der Waals surface area contributed by atoms with E-state index in [1.54, 1.807) is 12.8 Å². The number of rotatable bonds is 2. The van der Waals surface area contributed by atoms with E-state index in [0.717, 1.165) is 34.4 Å². The third-order valence-electron chi connectivity index (χ3n) is 6.93. The van der Waals surface area contributed by atoms with Crippen LogP contribution in [0.15, 0.2) is 0 Å². The first-order valence-corrected chi connectivity index (χ1v) is 10.8. The summed E-state index contributed by atoms with van der Waals surface area (Å²) in [5, 5.41) is 5.82. The van der Waals surface area contributed by atoms with Gasteiger partial charge < -0.3 is 5.32 Å². The average Bonchev–Trinajstić information content (AvgIpc) is 2.99. The first kappa shape index (κ1) is 14.9. The van der Waals surface area contributed by atoms with Crippen LogP contribution in [0.5, 0.6) is 0 Å². The summed E-state index contributed by atoms with van der Waals surface area (Å²) in [6, 6.07) is 0.863. The average molecular weight is 308 g/mol. The smallest absolute Gasteiger partial charge is 0.0566 e. The molecule has 3 aliphatic carbocycles. The van der Waals surface area contributed by atoms with Gasteiger partial charge in [-0.1, -0.05) is 51.4 Å². The standard InChI is InChI=1S/C19H33NS/c1-3-7-14(8-4-1)16-11-12-17-18(13-16)21-19(20-17)15-9-5-2-6-10-15/h14-20H,1-13H2. The minimum Gasteiger partial charge on any atom is -0.301 e. The molecule has 1 nitrogen and oxygen atoms in total. The van der Waals surface area contributed by atoms with Crippen molar-refractivity contribution in [3.8, 4) is 0 Å². The maximum Gasteiger partial charge on any atom is 0.0566 e. The van der Waals surface area contributed by atoms with Crippen LogP contribution in [0, 0.1) is 17.8 Å². The Bertz CT molecular complexity index is 316. The van der Waals surface area contributed by atoms with Crippen molar-refractivity contribution in [2.45, 2.75) is 100 Å². The molecule has 0 bridgehead atoms. The molecule has 1 heterocycles. The lowest BCUT2D eigenvalue weighted by Gasteiger charge is -2.37. The summed E-state index contributed by atoms with van der Waals surface area (Å²) in [5.74, 6) is 3.16. The van der Waals surface area contributed by atoms with E-state index >= 15 is 0 Å². The maximum atomic E-state index is 4.05. The topological polar surface area (TPSA) is 12.0 Å². The molecule has 0 amide bonds. The van der Waals surface area contributed by atoms with Crippen LogP contribution in [0.3, 0.4) is 0 Å². The second kappa shape index (κ2) is 6.83. The molecule has 4 atom stereocenters. The molecular formula is C19H33NS. The van der Waals surface area contributed by atoms with Crippen LogP contribution in [0.2, 0.25) is 0 Å². The molecule has 1 aliphatic heterocycles. The van der Waals surface area contributed by atoms with Crippen LogP contribution in [0.25, 0.3) is 0 Å². The van der Waals surface area contributed by atoms with Crippen molar-refractivity contribution in [3.63, 3.8) is 0 Å². The van der Waals surface area contributed by atoms with Gasteiger partial charge in [0.1, 0.15) is 0 Å². The fraction of sp³-hybridized carbons (Fsp3) is 1.00. The van der Waals surface area contributed by atoms with E-state index < -0.39 is 0 Å². The van der Waals surface area contributed by atoms with E-state index in [-0.39, 0.29) is 0 Å².